The highest BCUT2D eigenvalue weighted by atomic mass is 79.9. The van der Waals surface area contributed by atoms with Gasteiger partial charge in [-0.3, -0.25) is 4.79 Å². The molecule has 0 spiro atoms. The van der Waals surface area contributed by atoms with E-state index in [0.29, 0.717) is 12.1 Å². The lowest BCUT2D eigenvalue weighted by Crippen LogP contribution is -2.23. The number of thiophene rings is 1. The van der Waals surface area contributed by atoms with Crippen LogP contribution in [-0.2, 0) is 6.54 Å². The lowest BCUT2D eigenvalue weighted by molar-refractivity contribution is 0.0952. The first-order valence-electron chi connectivity index (χ1n) is 5.50. The van der Waals surface area contributed by atoms with E-state index < -0.39 is 0 Å². The zero-order valence-corrected chi connectivity index (χ0v) is 12.3. The van der Waals surface area contributed by atoms with Crippen LogP contribution in [0.15, 0.2) is 40.2 Å². The second kappa shape index (κ2) is 6.02. The zero-order chi connectivity index (χ0) is 13.0. The van der Waals surface area contributed by atoms with Crippen molar-refractivity contribution in [3.63, 3.8) is 0 Å². The maximum absolute atomic E-state index is 12.0. The van der Waals surface area contributed by atoms with E-state index in [1.54, 1.807) is 11.3 Å². The van der Waals surface area contributed by atoms with Crippen molar-refractivity contribution in [2.24, 2.45) is 0 Å². The van der Waals surface area contributed by atoms with Gasteiger partial charge in [0.1, 0.15) is 0 Å². The Morgan fingerprint density at radius 3 is 2.72 bits per heavy atom. The van der Waals surface area contributed by atoms with Crippen LogP contribution in [0.4, 0.5) is 5.69 Å². The average molecular weight is 325 g/mol. The monoisotopic (exact) mass is 324 g/mol. The number of rotatable bonds is 4. The van der Waals surface area contributed by atoms with Crippen molar-refractivity contribution >= 4 is 38.9 Å². The first kappa shape index (κ1) is 13.1. The number of carbonyl (C=O) groups is 1. The molecule has 18 heavy (non-hydrogen) atoms. The van der Waals surface area contributed by atoms with Crippen LogP contribution in [0, 0.1) is 0 Å². The summed E-state index contributed by atoms with van der Waals surface area (Å²) in [6.07, 6.45) is 0. The van der Waals surface area contributed by atoms with Crippen LogP contribution in [0.5, 0.6) is 0 Å². The Kier molecular flexibility index (Phi) is 4.38. The van der Waals surface area contributed by atoms with Crippen LogP contribution in [0.3, 0.4) is 0 Å². The normalized spacial score (nSPS) is 10.1. The van der Waals surface area contributed by atoms with E-state index in [4.69, 9.17) is 0 Å². The first-order valence-corrected chi connectivity index (χ1v) is 7.11. The van der Waals surface area contributed by atoms with Crippen molar-refractivity contribution < 1.29 is 4.79 Å². The lowest BCUT2D eigenvalue weighted by Gasteiger charge is -2.08. The zero-order valence-electron chi connectivity index (χ0n) is 9.87. The Bertz CT molecular complexity index is 553. The number of hydrogen-bond acceptors (Lipinski definition) is 3. The molecule has 0 aliphatic carbocycles. The number of carbonyl (C=O) groups excluding carboxylic acids is 1. The molecule has 1 heterocycles. The SMILES string of the molecule is CNc1ccccc1C(=O)NCc1ccc(Br)s1. The molecule has 0 atom stereocenters. The molecule has 1 aromatic heterocycles. The molecular weight excluding hydrogens is 312 g/mol. The average Bonchev–Trinajstić information content (AvgIpc) is 2.81. The molecule has 2 aromatic rings. The van der Waals surface area contributed by atoms with E-state index in [2.05, 4.69) is 26.6 Å². The van der Waals surface area contributed by atoms with Gasteiger partial charge in [-0.2, -0.15) is 0 Å². The summed E-state index contributed by atoms with van der Waals surface area (Å²) in [4.78, 5) is 13.2. The summed E-state index contributed by atoms with van der Waals surface area (Å²) in [5, 5.41) is 5.93. The molecule has 2 N–H and O–H groups in total. The molecule has 0 fully saturated rings. The summed E-state index contributed by atoms with van der Waals surface area (Å²) in [5.74, 6) is -0.0653. The number of benzene rings is 1. The first-order chi connectivity index (χ1) is 8.70. The van der Waals surface area contributed by atoms with Crippen molar-refractivity contribution in [3.05, 3.63) is 50.6 Å². The van der Waals surface area contributed by atoms with Gasteiger partial charge < -0.3 is 10.6 Å². The van der Waals surface area contributed by atoms with Crippen LogP contribution in [0.1, 0.15) is 15.2 Å². The molecule has 0 unspecified atom stereocenters. The van der Waals surface area contributed by atoms with Gasteiger partial charge in [-0.1, -0.05) is 12.1 Å². The van der Waals surface area contributed by atoms with Gasteiger partial charge >= 0.3 is 0 Å². The molecule has 0 radical (unpaired) electrons. The summed E-state index contributed by atoms with van der Waals surface area (Å²) in [6, 6.07) is 11.4. The third-order valence-electron chi connectivity index (χ3n) is 2.49. The number of halogens is 1. The predicted molar refractivity (Wildman–Crippen MR) is 79.2 cm³/mol. The molecule has 1 aromatic carbocycles. The van der Waals surface area contributed by atoms with Gasteiger partial charge in [-0.25, -0.2) is 0 Å². The molecule has 0 aliphatic heterocycles. The van der Waals surface area contributed by atoms with Crippen LogP contribution < -0.4 is 10.6 Å². The van der Waals surface area contributed by atoms with Gasteiger partial charge in [0.25, 0.3) is 5.91 Å². The van der Waals surface area contributed by atoms with E-state index in [9.17, 15) is 4.79 Å². The smallest absolute Gasteiger partial charge is 0.253 e. The fourth-order valence-corrected chi connectivity index (χ4v) is 3.03. The Hall–Kier alpha value is -1.33. The topological polar surface area (TPSA) is 41.1 Å². The number of para-hydroxylation sites is 1. The lowest BCUT2D eigenvalue weighted by atomic mass is 10.1. The largest absolute Gasteiger partial charge is 0.387 e. The molecule has 3 nitrogen and oxygen atoms in total. The molecule has 1 amide bonds. The second-order valence-corrected chi connectivity index (χ2v) is 6.23. The van der Waals surface area contributed by atoms with Crippen molar-refractivity contribution in [3.8, 4) is 0 Å². The van der Waals surface area contributed by atoms with Crippen molar-refractivity contribution in [1.82, 2.24) is 5.32 Å². The van der Waals surface area contributed by atoms with E-state index in [-0.39, 0.29) is 5.91 Å². The third-order valence-corrected chi connectivity index (χ3v) is 4.12. The minimum Gasteiger partial charge on any atom is -0.387 e. The maximum atomic E-state index is 12.0. The maximum Gasteiger partial charge on any atom is 0.253 e. The van der Waals surface area contributed by atoms with Gasteiger partial charge in [-0.05, 0) is 40.2 Å². The third kappa shape index (κ3) is 3.11. The minimum absolute atomic E-state index is 0.0653. The quantitative estimate of drug-likeness (QED) is 0.904. The summed E-state index contributed by atoms with van der Waals surface area (Å²) in [7, 11) is 1.81. The van der Waals surface area contributed by atoms with Crippen molar-refractivity contribution in [2.45, 2.75) is 6.54 Å². The van der Waals surface area contributed by atoms with Gasteiger partial charge in [0, 0.05) is 17.6 Å². The Labute approximate surface area is 118 Å². The summed E-state index contributed by atoms with van der Waals surface area (Å²) < 4.78 is 1.07. The number of hydrogen-bond donors (Lipinski definition) is 2. The highest BCUT2D eigenvalue weighted by Crippen LogP contribution is 2.22. The van der Waals surface area contributed by atoms with E-state index in [1.807, 2.05) is 43.4 Å². The predicted octanol–water partition coefficient (Wildman–Crippen LogP) is 3.48. The molecule has 2 rings (SSSR count). The van der Waals surface area contributed by atoms with E-state index >= 15 is 0 Å². The molecule has 0 bridgehead atoms. The standard InChI is InChI=1S/C13H13BrN2OS/c1-15-11-5-3-2-4-10(11)13(17)16-8-9-6-7-12(14)18-9/h2-7,15H,8H2,1H3,(H,16,17). The van der Waals surface area contributed by atoms with Crippen LogP contribution in [0.25, 0.3) is 0 Å². The molecule has 5 heteroatoms. The van der Waals surface area contributed by atoms with E-state index in [1.165, 1.54) is 0 Å². The van der Waals surface area contributed by atoms with Crippen LogP contribution in [0.2, 0.25) is 0 Å². The number of anilines is 1. The van der Waals surface area contributed by atoms with Gasteiger partial charge in [0.05, 0.1) is 15.9 Å². The minimum atomic E-state index is -0.0653. The number of nitrogens with one attached hydrogen (secondary N) is 2. The Balaban J connectivity index is 2.03. The van der Waals surface area contributed by atoms with Gasteiger partial charge in [0.15, 0.2) is 0 Å². The molecule has 0 saturated carbocycles. The Morgan fingerprint density at radius 1 is 1.28 bits per heavy atom. The van der Waals surface area contributed by atoms with Gasteiger partial charge in [-0.15, -0.1) is 11.3 Å². The highest BCUT2D eigenvalue weighted by molar-refractivity contribution is 9.11. The van der Waals surface area contributed by atoms with Crippen molar-refractivity contribution in [1.29, 1.82) is 0 Å². The fraction of sp³-hybridized carbons (Fsp3) is 0.154. The van der Waals surface area contributed by atoms with E-state index in [0.717, 1.165) is 14.4 Å². The fourth-order valence-electron chi connectivity index (χ4n) is 1.61. The molecule has 94 valence electrons. The van der Waals surface area contributed by atoms with Crippen molar-refractivity contribution in [2.75, 3.05) is 12.4 Å². The highest BCUT2D eigenvalue weighted by Gasteiger charge is 2.09. The number of amides is 1. The summed E-state index contributed by atoms with van der Waals surface area (Å²) >= 11 is 5.02. The molecule has 0 aliphatic rings. The second-order valence-electron chi connectivity index (χ2n) is 3.68. The molecular formula is C13H13BrN2OS. The molecule has 0 saturated heterocycles. The van der Waals surface area contributed by atoms with Gasteiger partial charge in [0.2, 0.25) is 0 Å². The summed E-state index contributed by atoms with van der Waals surface area (Å²) in [5.41, 5.74) is 1.50. The summed E-state index contributed by atoms with van der Waals surface area (Å²) in [6.45, 7) is 0.549. The van der Waals surface area contributed by atoms with Crippen LogP contribution >= 0.6 is 27.3 Å². The Morgan fingerprint density at radius 2 is 2.06 bits per heavy atom. The van der Waals surface area contributed by atoms with Crippen LogP contribution in [-0.4, -0.2) is 13.0 Å².